The van der Waals surface area contributed by atoms with Crippen LogP contribution in [0.25, 0.3) is 11.0 Å². The number of carbonyl (C=O) groups excluding carboxylic acids is 1. The minimum atomic E-state index is -4.54. The first kappa shape index (κ1) is 28.4. The van der Waals surface area contributed by atoms with Crippen molar-refractivity contribution in [3.8, 4) is 11.8 Å². The molecule has 1 aromatic carbocycles. The summed E-state index contributed by atoms with van der Waals surface area (Å²) in [6.45, 7) is 8.00. The number of anilines is 1. The van der Waals surface area contributed by atoms with E-state index >= 15 is 0 Å². The smallest absolute Gasteiger partial charge is 0.383 e. The number of allylic oxidation sites excluding steroid dienone is 4. The highest BCUT2D eigenvalue weighted by molar-refractivity contribution is 5.96. The maximum atomic E-state index is 13.4. The number of aromatic nitrogens is 4. The lowest BCUT2D eigenvalue weighted by molar-refractivity contribution is -0.138. The van der Waals surface area contributed by atoms with Gasteiger partial charge in [-0.25, -0.2) is 14.6 Å². The van der Waals surface area contributed by atoms with E-state index in [1.54, 1.807) is 6.08 Å². The number of amides is 1. The average molecular weight is 564 g/mol. The number of hydrogen-bond acceptors (Lipinski definition) is 6. The molecule has 0 spiro atoms. The second kappa shape index (κ2) is 11.0. The zero-order chi connectivity index (χ0) is 29.5. The number of nitrogens with one attached hydrogen (secondary N) is 1. The first-order chi connectivity index (χ1) is 19.4. The summed E-state index contributed by atoms with van der Waals surface area (Å²) < 4.78 is 42.0. The van der Waals surface area contributed by atoms with Crippen LogP contribution >= 0.6 is 0 Å². The predicted molar refractivity (Wildman–Crippen MR) is 150 cm³/mol. The third-order valence-electron chi connectivity index (χ3n) is 7.76. The lowest BCUT2D eigenvalue weighted by atomic mass is 9.88. The van der Waals surface area contributed by atoms with E-state index in [2.05, 4.69) is 39.1 Å². The number of carbonyl (C=O) groups is 1. The summed E-state index contributed by atoms with van der Waals surface area (Å²) >= 11 is 0. The molecule has 1 aliphatic heterocycles. The van der Waals surface area contributed by atoms with Crippen LogP contribution in [0.15, 0.2) is 47.4 Å². The van der Waals surface area contributed by atoms with Gasteiger partial charge in [-0.1, -0.05) is 24.5 Å². The molecule has 5 rings (SSSR count). The van der Waals surface area contributed by atoms with E-state index in [-0.39, 0.29) is 17.0 Å². The van der Waals surface area contributed by atoms with Gasteiger partial charge in [-0.05, 0) is 75.9 Å². The lowest BCUT2D eigenvalue weighted by Crippen LogP contribution is -2.28. The number of alkyl halides is 3. The van der Waals surface area contributed by atoms with Crippen LogP contribution in [0.5, 0.6) is 0 Å². The third kappa shape index (κ3) is 5.98. The van der Waals surface area contributed by atoms with Crippen LogP contribution in [0, 0.1) is 30.6 Å². The van der Waals surface area contributed by atoms with Gasteiger partial charge in [0.15, 0.2) is 5.65 Å². The number of nitrogens with zero attached hydrogens (tertiary/aromatic N) is 5. The molecule has 214 valence electrons. The van der Waals surface area contributed by atoms with Gasteiger partial charge >= 0.3 is 6.18 Å². The first-order valence-corrected chi connectivity index (χ1v) is 13.5. The molecule has 0 saturated carbocycles. The number of rotatable bonds is 4. The van der Waals surface area contributed by atoms with E-state index in [1.807, 2.05) is 18.5 Å². The molecule has 2 aromatic heterocycles. The monoisotopic (exact) mass is 563 g/mol. The van der Waals surface area contributed by atoms with Crippen LogP contribution in [0.1, 0.15) is 53.9 Å². The summed E-state index contributed by atoms with van der Waals surface area (Å²) in [6.07, 6.45) is 0.364. The highest BCUT2D eigenvalue weighted by Gasteiger charge is 2.33. The minimum Gasteiger partial charge on any atom is -0.383 e. The number of aryl methyl sites for hydroxylation is 1. The molecule has 1 fully saturated rings. The number of halogens is 3. The van der Waals surface area contributed by atoms with Crippen molar-refractivity contribution < 1.29 is 18.0 Å². The maximum absolute atomic E-state index is 13.4. The van der Waals surface area contributed by atoms with Gasteiger partial charge in [0.2, 0.25) is 0 Å². The number of likely N-dealkylation sites (tertiary alicyclic amines) is 1. The number of hydrogen-bond donors (Lipinski definition) is 2. The van der Waals surface area contributed by atoms with E-state index in [4.69, 9.17) is 10.8 Å². The first-order valence-electron chi connectivity index (χ1n) is 13.5. The molecule has 0 radical (unpaired) electrons. The Morgan fingerprint density at radius 2 is 2.00 bits per heavy atom. The fraction of sp³-hybridized carbons (Fsp3) is 0.400. The van der Waals surface area contributed by atoms with Gasteiger partial charge in [-0.15, -0.1) is 0 Å². The zero-order valence-electron chi connectivity index (χ0n) is 23.4. The van der Waals surface area contributed by atoms with Crippen LogP contribution in [-0.4, -0.2) is 50.7 Å². The summed E-state index contributed by atoms with van der Waals surface area (Å²) in [5.41, 5.74) is 8.82. The van der Waals surface area contributed by atoms with Crippen molar-refractivity contribution in [2.45, 2.75) is 46.3 Å². The zero-order valence-corrected chi connectivity index (χ0v) is 23.4. The number of nitrogen functional groups attached to an aromatic ring is 1. The Balaban J connectivity index is 1.42. The van der Waals surface area contributed by atoms with E-state index in [1.165, 1.54) is 25.4 Å². The van der Waals surface area contributed by atoms with Crippen molar-refractivity contribution in [2.75, 3.05) is 25.9 Å². The summed E-state index contributed by atoms with van der Waals surface area (Å²) in [4.78, 5) is 23.8. The summed E-state index contributed by atoms with van der Waals surface area (Å²) in [5.74, 6) is 6.41. The fourth-order valence-electron chi connectivity index (χ4n) is 5.47. The van der Waals surface area contributed by atoms with Crippen LogP contribution in [-0.2, 0) is 12.7 Å². The molecule has 3 aromatic rings. The highest BCUT2D eigenvalue weighted by atomic mass is 19.4. The lowest BCUT2D eigenvalue weighted by Gasteiger charge is -2.23. The Morgan fingerprint density at radius 3 is 2.71 bits per heavy atom. The number of fused-ring (bicyclic) bond motifs is 1. The fourth-order valence-corrected chi connectivity index (χ4v) is 5.47. The van der Waals surface area contributed by atoms with Crippen LogP contribution in [0.2, 0.25) is 0 Å². The van der Waals surface area contributed by atoms with Crippen molar-refractivity contribution in [2.24, 2.45) is 11.8 Å². The largest absolute Gasteiger partial charge is 0.416 e. The summed E-state index contributed by atoms with van der Waals surface area (Å²) in [5, 5.41) is 8.15. The molecule has 3 heterocycles. The molecule has 8 nitrogen and oxygen atoms in total. The van der Waals surface area contributed by atoms with E-state index in [9.17, 15) is 18.0 Å². The van der Waals surface area contributed by atoms with Crippen molar-refractivity contribution in [1.82, 2.24) is 30.0 Å². The van der Waals surface area contributed by atoms with Gasteiger partial charge in [0.25, 0.3) is 5.91 Å². The van der Waals surface area contributed by atoms with Crippen molar-refractivity contribution >= 4 is 22.8 Å². The number of benzene rings is 1. The quantitative estimate of drug-likeness (QED) is 0.446. The minimum absolute atomic E-state index is 0.0503. The Bertz CT molecular complexity index is 1640. The van der Waals surface area contributed by atoms with Crippen molar-refractivity contribution in [3.05, 3.63) is 69.8 Å². The molecular weight excluding hydrogens is 531 g/mol. The molecular formula is C30H32F3N7O. The molecule has 2 aliphatic rings. The SMILES string of the molecule is CC1=C(C#Cc2nn(CC3CCN(C)C3)c3ncnc(N)c23)C=C(NC(=O)c2ccc(C)c(C(F)(F)F)c2)C(C)C1. The Kier molecular flexibility index (Phi) is 7.62. The topological polar surface area (TPSA) is 102 Å². The maximum Gasteiger partial charge on any atom is 0.416 e. The van der Waals surface area contributed by atoms with Crippen molar-refractivity contribution in [1.29, 1.82) is 0 Å². The molecule has 3 N–H and O–H groups in total. The molecule has 1 aliphatic carbocycles. The molecule has 41 heavy (non-hydrogen) atoms. The average Bonchev–Trinajstić information content (AvgIpc) is 3.48. The van der Waals surface area contributed by atoms with Crippen LogP contribution < -0.4 is 11.1 Å². The molecule has 2 atom stereocenters. The Morgan fingerprint density at radius 1 is 1.22 bits per heavy atom. The normalized spacial score (nSPS) is 19.7. The molecule has 1 saturated heterocycles. The molecule has 2 unspecified atom stereocenters. The molecule has 0 bridgehead atoms. The molecule has 1 amide bonds. The predicted octanol–water partition coefficient (Wildman–Crippen LogP) is 4.71. The van der Waals surface area contributed by atoms with E-state index < -0.39 is 17.6 Å². The molecule has 11 heteroatoms. The number of nitrogens with two attached hydrogens (primary N) is 1. The standard InChI is InChI=1S/C30H32F3N7O/c1-17-5-6-22(12-23(17)30(31,32)33)29(41)37-25-13-21(18(2)11-19(25)3)7-8-24-26-27(34)35-16-36-28(26)40(38-24)15-20-9-10-39(4)14-20/h5-6,12-13,16,19-20H,9-11,14-15H2,1-4H3,(H,37,41)(H2,34,35,36). The van der Waals surface area contributed by atoms with Gasteiger partial charge in [0.05, 0.1) is 10.9 Å². The second-order valence-corrected chi connectivity index (χ2v) is 11.0. The van der Waals surface area contributed by atoms with E-state index in [0.717, 1.165) is 31.1 Å². The van der Waals surface area contributed by atoms with E-state index in [0.29, 0.717) is 52.7 Å². The highest BCUT2D eigenvalue weighted by Crippen LogP contribution is 2.33. The third-order valence-corrected chi connectivity index (χ3v) is 7.76. The van der Waals surface area contributed by atoms with Gasteiger partial charge in [0.1, 0.15) is 17.8 Å². The van der Waals surface area contributed by atoms with Crippen LogP contribution in [0.3, 0.4) is 0 Å². The summed E-state index contributed by atoms with van der Waals surface area (Å²) in [7, 11) is 2.10. The van der Waals surface area contributed by atoms with Gasteiger partial charge in [0, 0.05) is 35.8 Å². The van der Waals surface area contributed by atoms with Gasteiger partial charge < -0.3 is 16.0 Å². The summed E-state index contributed by atoms with van der Waals surface area (Å²) in [6, 6.07) is 3.59. The van der Waals surface area contributed by atoms with Gasteiger partial charge in [-0.2, -0.15) is 18.3 Å². The van der Waals surface area contributed by atoms with Crippen LogP contribution in [0.4, 0.5) is 19.0 Å². The van der Waals surface area contributed by atoms with Gasteiger partial charge in [-0.3, -0.25) is 4.79 Å². The Hall–Kier alpha value is -4.17. The van der Waals surface area contributed by atoms with Crippen molar-refractivity contribution in [3.63, 3.8) is 0 Å². The second-order valence-electron chi connectivity index (χ2n) is 11.0. The Labute approximate surface area is 236 Å².